The van der Waals surface area contributed by atoms with Crippen LogP contribution in [0.3, 0.4) is 0 Å². The Bertz CT molecular complexity index is 1240. The van der Waals surface area contributed by atoms with E-state index in [1.165, 1.54) is 11.9 Å². The maximum atomic E-state index is 12.4. The molecule has 2 aromatic heterocycles. The lowest BCUT2D eigenvalue weighted by Crippen LogP contribution is -2.20. The third-order valence-corrected chi connectivity index (χ3v) is 5.32. The zero-order chi connectivity index (χ0) is 19.8. The summed E-state index contributed by atoms with van der Waals surface area (Å²) in [5.41, 5.74) is 3.52. The van der Waals surface area contributed by atoms with Gasteiger partial charge in [-0.3, -0.25) is 14.9 Å². The molecule has 2 aromatic carbocycles. The predicted octanol–water partition coefficient (Wildman–Crippen LogP) is 2.39. The molecule has 8 heteroatoms. The standard InChI is InChI=1S/C21H19N7O/c1-22-9-12-5-7-13(8-6-12)15-10-23-16-4-2-3-14-17(16)19(26-28-21(14)29)18(15)20-24-11-25-27-20/h2-8,10-11,15,18,22H,9H2,1H3,(H,28,29)(H,24,25,27). The average molecular weight is 385 g/mol. The van der Waals surface area contributed by atoms with E-state index >= 15 is 0 Å². The number of aromatic amines is 2. The predicted molar refractivity (Wildman–Crippen MR) is 111 cm³/mol. The van der Waals surface area contributed by atoms with Gasteiger partial charge in [0.15, 0.2) is 0 Å². The molecule has 0 spiro atoms. The molecule has 0 bridgehead atoms. The Labute approximate surface area is 166 Å². The lowest BCUT2D eigenvalue weighted by atomic mass is 9.83. The Morgan fingerprint density at radius 1 is 1.10 bits per heavy atom. The molecule has 0 aliphatic carbocycles. The summed E-state index contributed by atoms with van der Waals surface area (Å²) in [7, 11) is 1.93. The van der Waals surface area contributed by atoms with Crippen molar-refractivity contribution in [1.29, 1.82) is 0 Å². The second-order valence-corrected chi connectivity index (χ2v) is 7.06. The van der Waals surface area contributed by atoms with E-state index in [0.29, 0.717) is 11.2 Å². The maximum absolute atomic E-state index is 12.4. The van der Waals surface area contributed by atoms with Crippen LogP contribution >= 0.6 is 0 Å². The highest BCUT2D eigenvalue weighted by molar-refractivity contribution is 5.97. The Morgan fingerprint density at radius 3 is 2.72 bits per heavy atom. The monoisotopic (exact) mass is 385 g/mol. The fourth-order valence-electron chi connectivity index (χ4n) is 3.98. The lowest BCUT2D eigenvalue weighted by molar-refractivity contribution is 0.678. The first-order valence-corrected chi connectivity index (χ1v) is 9.40. The molecule has 3 heterocycles. The van der Waals surface area contributed by atoms with E-state index in [9.17, 15) is 4.79 Å². The fraction of sp³-hybridized carbons (Fsp3) is 0.190. The molecule has 1 aliphatic heterocycles. The van der Waals surface area contributed by atoms with Crippen LogP contribution < -0.4 is 10.9 Å². The number of H-pyrrole nitrogens is 2. The van der Waals surface area contributed by atoms with Crippen molar-refractivity contribution in [2.75, 3.05) is 7.05 Å². The Balaban J connectivity index is 1.74. The number of aromatic nitrogens is 5. The van der Waals surface area contributed by atoms with Crippen LogP contribution in [0.4, 0.5) is 5.69 Å². The van der Waals surface area contributed by atoms with Crippen molar-refractivity contribution < 1.29 is 0 Å². The molecule has 0 saturated heterocycles. The first-order valence-electron chi connectivity index (χ1n) is 9.40. The molecule has 8 nitrogen and oxygen atoms in total. The number of hydrogen-bond donors (Lipinski definition) is 3. The molecule has 0 fully saturated rings. The van der Waals surface area contributed by atoms with E-state index in [2.05, 4.69) is 55.0 Å². The second kappa shape index (κ2) is 7.06. The van der Waals surface area contributed by atoms with Gasteiger partial charge in [0.2, 0.25) is 0 Å². The average Bonchev–Trinajstić information content (AvgIpc) is 3.22. The highest BCUT2D eigenvalue weighted by atomic mass is 16.1. The van der Waals surface area contributed by atoms with Gasteiger partial charge in [-0.1, -0.05) is 30.3 Å². The van der Waals surface area contributed by atoms with Gasteiger partial charge in [-0.25, -0.2) is 10.1 Å². The zero-order valence-electron chi connectivity index (χ0n) is 15.8. The van der Waals surface area contributed by atoms with E-state index < -0.39 is 0 Å². The molecule has 29 heavy (non-hydrogen) atoms. The Hall–Kier alpha value is -3.65. The number of nitrogens with one attached hydrogen (secondary N) is 3. The third-order valence-electron chi connectivity index (χ3n) is 5.32. The number of aliphatic imine (C=N–C) groups is 1. The number of hydrogen-bond acceptors (Lipinski definition) is 6. The number of nitrogens with zero attached hydrogens (tertiary/aromatic N) is 4. The van der Waals surface area contributed by atoms with E-state index in [1.807, 2.05) is 25.4 Å². The minimum Gasteiger partial charge on any atom is -0.316 e. The molecular formula is C21H19N7O. The third kappa shape index (κ3) is 2.94. The first kappa shape index (κ1) is 17.4. The maximum Gasteiger partial charge on any atom is 0.272 e. The van der Waals surface area contributed by atoms with Crippen LogP contribution in [0.1, 0.15) is 34.5 Å². The molecule has 4 aromatic rings. The van der Waals surface area contributed by atoms with Gasteiger partial charge in [-0.2, -0.15) is 10.2 Å². The SMILES string of the molecule is CNCc1ccc(C2C=Nc3cccc4c(=O)[nH]nc(c34)C2c2ncn[nH]2)cc1. The Kier molecular flexibility index (Phi) is 4.25. The summed E-state index contributed by atoms with van der Waals surface area (Å²) in [6.45, 7) is 0.804. The van der Waals surface area contributed by atoms with Gasteiger partial charge < -0.3 is 5.32 Å². The molecule has 5 rings (SSSR count). The van der Waals surface area contributed by atoms with Crippen LogP contribution in [-0.2, 0) is 6.54 Å². The molecular weight excluding hydrogens is 366 g/mol. The molecule has 0 radical (unpaired) electrons. The van der Waals surface area contributed by atoms with Crippen molar-refractivity contribution in [2.45, 2.75) is 18.4 Å². The molecule has 144 valence electrons. The van der Waals surface area contributed by atoms with Gasteiger partial charge in [-0.15, -0.1) is 0 Å². The van der Waals surface area contributed by atoms with E-state index in [4.69, 9.17) is 4.99 Å². The molecule has 0 saturated carbocycles. The van der Waals surface area contributed by atoms with Gasteiger partial charge in [-0.05, 0) is 30.3 Å². The molecule has 2 atom stereocenters. The van der Waals surface area contributed by atoms with Crippen LogP contribution in [0.25, 0.3) is 10.8 Å². The Morgan fingerprint density at radius 2 is 1.97 bits per heavy atom. The lowest BCUT2D eigenvalue weighted by Gasteiger charge is -2.22. The molecule has 1 aliphatic rings. The van der Waals surface area contributed by atoms with Gasteiger partial charge in [0.05, 0.1) is 22.7 Å². The summed E-state index contributed by atoms with van der Waals surface area (Å²) >= 11 is 0. The summed E-state index contributed by atoms with van der Waals surface area (Å²) < 4.78 is 0. The smallest absolute Gasteiger partial charge is 0.272 e. The first-order chi connectivity index (χ1) is 14.3. The minimum absolute atomic E-state index is 0.124. The second-order valence-electron chi connectivity index (χ2n) is 7.06. The van der Waals surface area contributed by atoms with Gasteiger partial charge in [0, 0.05) is 24.1 Å². The fourth-order valence-corrected chi connectivity index (χ4v) is 3.98. The largest absolute Gasteiger partial charge is 0.316 e. The summed E-state index contributed by atoms with van der Waals surface area (Å²) in [6, 6.07) is 13.9. The van der Waals surface area contributed by atoms with E-state index in [1.54, 1.807) is 6.07 Å². The topological polar surface area (TPSA) is 112 Å². The number of benzene rings is 2. The summed E-state index contributed by atoms with van der Waals surface area (Å²) in [5, 5.41) is 18.6. The van der Waals surface area contributed by atoms with Crippen molar-refractivity contribution >= 4 is 22.7 Å². The van der Waals surface area contributed by atoms with Crippen LogP contribution in [0, 0.1) is 0 Å². The van der Waals surface area contributed by atoms with Crippen molar-refractivity contribution in [2.24, 2.45) is 4.99 Å². The molecule has 3 N–H and O–H groups in total. The highest BCUT2D eigenvalue weighted by Crippen LogP contribution is 2.42. The molecule has 0 amide bonds. The van der Waals surface area contributed by atoms with Crippen LogP contribution in [0.15, 0.2) is 58.6 Å². The summed E-state index contributed by atoms with van der Waals surface area (Å²) in [5.74, 6) is 0.290. The van der Waals surface area contributed by atoms with E-state index in [-0.39, 0.29) is 17.4 Å². The summed E-state index contributed by atoms with van der Waals surface area (Å²) in [4.78, 5) is 21.5. The normalized spacial score (nSPS) is 18.1. The van der Waals surface area contributed by atoms with Crippen LogP contribution in [0.5, 0.6) is 0 Å². The van der Waals surface area contributed by atoms with Crippen molar-refractivity contribution in [1.82, 2.24) is 30.7 Å². The van der Waals surface area contributed by atoms with E-state index in [0.717, 1.165) is 28.9 Å². The molecule has 2 unspecified atom stereocenters. The number of rotatable bonds is 4. The van der Waals surface area contributed by atoms with Crippen molar-refractivity contribution in [3.8, 4) is 0 Å². The van der Waals surface area contributed by atoms with Crippen molar-refractivity contribution in [3.05, 3.63) is 81.8 Å². The van der Waals surface area contributed by atoms with Gasteiger partial charge in [0.1, 0.15) is 12.2 Å². The zero-order valence-corrected chi connectivity index (χ0v) is 15.8. The quantitative estimate of drug-likeness (QED) is 0.499. The summed E-state index contributed by atoms with van der Waals surface area (Å²) in [6.07, 6.45) is 3.40. The van der Waals surface area contributed by atoms with Crippen LogP contribution in [-0.4, -0.2) is 38.6 Å². The minimum atomic E-state index is -0.264. The van der Waals surface area contributed by atoms with Crippen LogP contribution in [0.2, 0.25) is 0 Å². The van der Waals surface area contributed by atoms with Gasteiger partial charge in [0.25, 0.3) is 5.56 Å². The van der Waals surface area contributed by atoms with Gasteiger partial charge >= 0.3 is 0 Å². The van der Waals surface area contributed by atoms with Crippen molar-refractivity contribution in [3.63, 3.8) is 0 Å². The highest BCUT2D eigenvalue weighted by Gasteiger charge is 2.33.